The van der Waals surface area contributed by atoms with Crippen molar-refractivity contribution in [1.82, 2.24) is 5.32 Å². The summed E-state index contributed by atoms with van der Waals surface area (Å²) in [6, 6.07) is 11.7. The SMILES string of the molecule is CCOc1ccc(N2C(=O)c3ccc(C(=O)NC4CCC(C)CC4)cc3C2=O)cc1. The van der Waals surface area contributed by atoms with Gasteiger partial charge in [0.1, 0.15) is 5.75 Å². The van der Waals surface area contributed by atoms with Crippen molar-refractivity contribution in [3.05, 3.63) is 59.2 Å². The molecule has 1 aliphatic carbocycles. The van der Waals surface area contributed by atoms with E-state index < -0.39 is 5.91 Å². The zero-order valence-corrected chi connectivity index (χ0v) is 17.3. The molecule has 2 aromatic carbocycles. The van der Waals surface area contributed by atoms with Crippen LogP contribution in [0.15, 0.2) is 42.5 Å². The van der Waals surface area contributed by atoms with Gasteiger partial charge in [0.2, 0.25) is 0 Å². The van der Waals surface area contributed by atoms with Crippen molar-refractivity contribution in [2.24, 2.45) is 5.92 Å². The number of anilines is 1. The maximum absolute atomic E-state index is 13.0. The van der Waals surface area contributed by atoms with E-state index in [9.17, 15) is 14.4 Å². The molecule has 0 unspecified atom stereocenters. The Balaban J connectivity index is 1.52. The van der Waals surface area contributed by atoms with Gasteiger partial charge in [0.25, 0.3) is 17.7 Å². The number of nitrogens with zero attached hydrogens (tertiary/aromatic N) is 1. The number of fused-ring (bicyclic) bond motifs is 1. The second kappa shape index (κ2) is 8.30. The molecule has 0 bridgehead atoms. The molecule has 1 saturated carbocycles. The monoisotopic (exact) mass is 406 g/mol. The average Bonchev–Trinajstić information content (AvgIpc) is 3.00. The number of imide groups is 1. The summed E-state index contributed by atoms with van der Waals surface area (Å²) >= 11 is 0. The molecule has 0 spiro atoms. The fourth-order valence-electron chi connectivity index (χ4n) is 4.15. The van der Waals surface area contributed by atoms with Gasteiger partial charge in [0, 0.05) is 11.6 Å². The first-order valence-electron chi connectivity index (χ1n) is 10.5. The molecule has 0 radical (unpaired) electrons. The molecule has 6 heteroatoms. The van der Waals surface area contributed by atoms with Crippen LogP contribution < -0.4 is 15.0 Å². The Morgan fingerprint density at radius 1 is 1.00 bits per heavy atom. The third kappa shape index (κ3) is 3.82. The maximum atomic E-state index is 13.0. The Kier molecular flexibility index (Phi) is 5.57. The van der Waals surface area contributed by atoms with Crippen LogP contribution in [-0.4, -0.2) is 30.4 Å². The number of rotatable bonds is 5. The van der Waals surface area contributed by atoms with Gasteiger partial charge in [-0.3, -0.25) is 14.4 Å². The first kappa shape index (κ1) is 20.1. The van der Waals surface area contributed by atoms with Gasteiger partial charge in [-0.2, -0.15) is 0 Å². The normalized spacial score (nSPS) is 20.8. The Hall–Kier alpha value is -3.15. The van der Waals surface area contributed by atoms with E-state index in [4.69, 9.17) is 4.74 Å². The van der Waals surface area contributed by atoms with Gasteiger partial charge in [-0.05, 0) is 81.0 Å². The minimum absolute atomic E-state index is 0.166. The van der Waals surface area contributed by atoms with Crippen molar-refractivity contribution in [3.63, 3.8) is 0 Å². The molecule has 1 heterocycles. The highest BCUT2D eigenvalue weighted by Gasteiger charge is 2.37. The van der Waals surface area contributed by atoms with Crippen LogP contribution in [0.5, 0.6) is 5.75 Å². The van der Waals surface area contributed by atoms with Gasteiger partial charge in [-0.15, -0.1) is 0 Å². The van der Waals surface area contributed by atoms with Gasteiger partial charge >= 0.3 is 0 Å². The van der Waals surface area contributed by atoms with Crippen LogP contribution in [0.1, 0.15) is 70.6 Å². The summed E-state index contributed by atoms with van der Waals surface area (Å²) in [5, 5.41) is 3.07. The Labute approximate surface area is 176 Å². The molecule has 2 aliphatic rings. The number of benzene rings is 2. The van der Waals surface area contributed by atoms with E-state index in [-0.39, 0.29) is 23.4 Å². The number of carbonyl (C=O) groups excluding carboxylic acids is 3. The minimum atomic E-state index is -0.416. The van der Waals surface area contributed by atoms with Crippen LogP contribution in [0.25, 0.3) is 0 Å². The summed E-state index contributed by atoms with van der Waals surface area (Å²) in [6.45, 7) is 4.66. The van der Waals surface area contributed by atoms with Gasteiger partial charge in [-0.1, -0.05) is 6.92 Å². The van der Waals surface area contributed by atoms with Crippen molar-refractivity contribution in [3.8, 4) is 5.75 Å². The molecule has 30 heavy (non-hydrogen) atoms. The van der Waals surface area contributed by atoms with Gasteiger partial charge in [0.15, 0.2) is 0 Å². The van der Waals surface area contributed by atoms with E-state index in [1.165, 1.54) is 6.07 Å². The second-order valence-electron chi connectivity index (χ2n) is 8.06. The summed E-state index contributed by atoms with van der Waals surface area (Å²) in [7, 11) is 0. The van der Waals surface area contributed by atoms with Crippen LogP contribution in [0, 0.1) is 5.92 Å². The summed E-state index contributed by atoms with van der Waals surface area (Å²) < 4.78 is 5.42. The standard InChI is InChI=1S/C24H26N2O4/c1-3-30-19-11-9-18(10-12-19)26-23(28)20-13-6-16(14-21(20)24(26)29)22(27)25-17-7-4-15(2)5-8-17/h6,9-15,17H,3-5,7-8H2,1-2H3,(H,25,27). The molecule has 156 valence electrons. The lowest BCUT2D eigenvalue weighted by molar-refractivity contribution is 0.0915. The maximum Gasteiger partial charge on any atom is 0.266 e. The predicted octanol–water partition coefficient (Wildman–Crippen LogP) is 4.19. The lowest BCUT2D eigenvalue weighted by Gasteiger charge is -2.26. The van der Waals surface area contributed by atoms with E-state index in [1.807, 2.05) is 6.92 Å². The fraction of sp³-hybridized carbons (Fsp3) is 0.375. The molecule has 1 aliphatic heterocycles. The summed E-state index contributed by atoms with van der Waals surface area (Å²) in [5.74, 6) is 0.383. The lowest BCUT2D eigenvalue weighted by atomic mass is 9.87. The molecule has 1 N–H and O–H groups in total. The van der Waals surface area contributed by atoms with Crippen molar-refractivity contribution in [2.45, 2.75) is 45.6 Å². The van der Waals surface area contributed by atoms with E-state index in [1.54, 1.807) is 36.4 Å². The first-order valence-corrected chi connectivity index (χ1v) is 10.5. The molecule has 0 aromatic heterocycles. The Morgan fingerprint density at radius 2 is 1.67 bits per heavy atom. The minimum Gasteiger partial charge on any atom is -0.494 e. The number of ether oxygens (including phenoxy) is 1. The van der Waals surface area contributed by atoms with Crippen molar-refractivity contribution < 1.29 is 19.1 Å². The van der Waals surface area contributed by atoms with Crippen molar-refractivity contribution in [1.29, 1.82) is 0 Å². The predicted molar refractivity (Wildman–Crippen MR) is 114 cm³/mol. The van der Waals surface area contributed by atoms with Crippen LogP contribution in [0.4, 0.5) is 5.69 Å². The quantitative estimate of drug-likeness (QED) is 0.756. The number of hydrogen-bond donors (Lipinski definition) is 1. The zero-order chi connectivity index (χ0) is 21.3. The van der Waals surface area contributed by atoms with Crippen molar-refractivity contribution in [2.75, 3.05) is 11.5 Å². The van der Waals surface area contributed by atoms with E-state index in [2.05, 4.69) is 12.2 Å². The third-order valence-corrected chi connectivity index (χ3v) is 5.91. The largest absolute Gasteiger partial charge is 0.494 e. The van der Waals surface area contributed by atoms with Crippen LogP contribution >= 0.6 is 0 Å². The molecule has 3 amide bonds. The summed E-state index contributed by atoms with van der Waals surface area (Å²) in [6.07, 6.45) is 4.17. The molecule has 2 aromatic rings. The second-order valence-corrected chi connectivity index (χ2v) is 8.06. The van der Waals surface area contributed by atoms with Crippen LogP contribution in [0.3, 0.4) is 0 Å². The third-order valence-electron chi connectivity index (χ3n) is 5.91. The number of nitrogens with one attached hydrogen (secondary N) is 1. The Bertz CT molecular complexity index is 975. The summed E-state index contributed by atoms with van der Waals surface area (Å²) in [4.78, 5) is 39.6. The van der Waals surface area contributed by atoms with E-state index in [0.717, 1.165) is 30.6 Å². The highest BCUT2D eigenvalue weighted by Crippen LogP contribution is 2.30. The van der Waals surface area contributed by atoms with Gasteiger partial charge in [-0.25, -0.2) is 4.90 Å². The van der Waals surface area contributed by atoms with Crippen LogP contribution in [-0.2, 0) is 0 Å². The lowest BCUT2D eigenvalue weighted by Crippen LogP contribution is -2.37. The number of carbonyl (C=O) groups is 3. The highest BCUT2D eigenvalue weighted by atomic mass is 16.5. The molecular formula is C24H26N2O4. The smallest absolute Gasteiger partial charge is 0.266 e. The average molecular weight is 406 g/mol. The zero-order valence-electron chi connectivity index (χ0n) is 17.3. The number of amides is 3. The molecular weight excluding hydrogens is 380 g/mol. The molecule has 1 fully saturated rings. The number of hydrogen-bond acceptors (Lipinski definition) is 4. The van der Waals surface area contributed by atoms with Gasteiger partial charge < -0.3 is 10.1 Å². The van der Waals surface area contributed by atoms with E-state index in [0.29, 0.717) is 35.1 Å². The van der Waals surface area contributed by atoms with Crippen molar-refractivity contribution >= 4 is 23.4 Å². The van der Waals surface area contributed by atoms with E-state index >= 15 is 0 Å². The summed E-state index contributed by atoms with van der Waals surface area (Å²) in [5.41, 5.74) is 1.46. The molecule has 6 nitrogen and oxygen atoms in total. The molecule has 0 atom stereocenters. The van der Waals surface area contributed by atoms with Gasteiger partial charge in [0.05, 0.1) is 23.4 Å². The van der Waals surface area contributed by atoms with Crippen LogP contribution in [0.2, 0.25) is 0 Å². The highest BCUT2D eigenvalue weighted by molar-refractivity contribution is 6.34. The molecule has 0 saturated heterocycles. The Morgan fingerprint density at radius 3 is 2.33 bits per heavy atom. The first-order chi connectivity index (χ1) is 14.5. The molecule has 4 rings (SSSR count). The fourth-order valence-corrected chi connectivity index (χ4v) is 4.15. The topological polar surface area (TPSA) is 75.7 Å².